The summed E-state index contributed by atoms with van der Waals surface area (Å²) in [4.78, 5) is 27.5. The van der Waals surface area contributed by atoms with E-state index in [1.54, 1.807) is 43.3 Å². The number of nitriles is 1. The molecular formula is C27H39N3O4. The van der Waals surface area contributed by atoms with Crippen molar-refractivity contribution in [1.29, 1.82) is 5.26 Å². The molecule has 2 fully saturated rings. The molecule has 0 bridgehead atoms. The van der Waals surface area contributed by atoms with Crippen LogP contribution in [0.4, 0.5) is 0 Å². The van der Waals surface area contributed by atoms with Crippen LogP contribution in [0.2, 0.25) is 0 Å². The number of nitrogens with zero attached hydrogens (tertiary/aromatic N) is 2. The molecule has 2 aliphatic carbocycles. The number of carbonyl (C=O) groups is 2. The first-order valence-electron chi connectivity index (χ1n) is 12.4. The molecule has 3 rings (SSSR count). The van der Waals surface area contributed by atoms with E-state index in [0.29, 0.717) is 24.3 Å². The lowest BCUT2D eigenvalue weighted by atomic mass is 9.51. The van der Waals surface area contributed by atoms with E-state index in [1.165, 1.54) is 0 Å². The van der Waals surface area contributed by atoms with E-state index < -0.39 is 6.10 Å². The van der Waals surface area contributed by atoms with Crippen molar-refractivity contribution in [2.24, 2.45) is 29.1 Å². The summed E-state index contributed by atoms with van der Waals surface area (Å²) in [5, 5.41) is 23.6. The van der Waals surface area contributed by atoms with E-state index in [1.807, 2.05) is 6.92 Å². The molecule has 186 valence electrons. The second-order valence-electron chi connectivity index (χ2n) is 10.5. The van der Waals surface area contributed by atoms with Crippen molar-refractivity contribution in [3.05, 3.63) is 29.8 Å². The molecule has 0 spiro atoms. The maximum absolute atomic E-state index is 13.0. The van der Waals surface area contributed by atoms with Crippen LogP contribution in [0.5, 0.6) is 5.75 Å². The third-order valence-corrected chi connectivity index (χ3v) is 8.52. The first-order valence-corrected chi connectivity index (χ1v) is 12.4. The second-order valence-corrected chi connectivity index (χ2v) is 10.5. The number of nitrogens with one attached hydrogen (secondary N) is 1. The fourth-order valence-electron chi connectivity index (χ4n) is 6.35. The van der Waals surface area contributed by atoms with E-state index >= 15 is 0 Å². The quantitative estimate of drug-likeness (QED) is 0.635. The predicted octanol–water partition coefficient (Wildman–Crippen LogP) is 3.63. The molecule has 2 aliphatic rings. The summed E-state index contributed by atoms with van der Waals surface area (Å²) in [7, 11) is 3.32. The van der Waals surface area contributed by atoms with Gasteiger partial charge in [0.1, 0.15) is 5.75 Å². The van der Waals surface area contributed by atoms with Gasteiger partial charge in [0.2, 0.25) is 5.91 Å². The number of hydrogen-bond donors (Lipinski definition) is 2. The molecule has 2 saturated carbocycles. The van der Waals surface area contributed by atoms with E-state index in [4.69, 9.17) is 10.00 Å². The van der Waals surface area contributed by atoms with Crippen molar-refractivity contribution < 1.29 is 19.4 Å². The maximum atomic E-state index is 13.0. The summed E-state index contributed by atoms with van der Waals surface area (Å²) >= 11 is 0. The summed E-state index contributed by atoms with van der Waals surface area (Å²) in [6, 6.07) is 9.11. The summed E-state index contributed by atoms with van der Waals surface area (Å²) in [6.07, 6.45) is 3.27. The van der Waals surface area contributed by atoms with Gasteiger partial charge in [0, 0.05) is 31.1 Å². The average Bonchev–Trinajstić information content (AvgIpc) is 2.83. The zero-order valence-corrected chi connectivity index (χ0v) is 21.1. The Morgan fingerprint density at radius 1 is 1.29 bits per heavy atom. The lowest BCUT2D eigenvalue weighted by Crippen LogP contribution is -2.58. The van der Waals surface area contributed by atoms with Crippen LogP contribution in [0.1, 0.15) is 63.2 Å². The number of rotatable bonds is 7. The Morgan fingerprint density at radius 2 is 1.94 bits per heavy atom. The molecule has 0 radical (unpaired) electrons. The molecule has 0 aliphatic heterocycles. The van der Waals surface area contributed by atoms with E-state index in [9.17, 15) is 14.7 Å². The van der Waals surface area contributed by atoms with Gasteiger partial charge in [-0.15, -0.1) is 0 Å². The Balaban J connectivity index is 1.72. The molecule has 34 heavy (non-hydrogen) atoms. The molecular weight excluding hydrogens is 430 g/mol. The van der Waals surface area contributed by atoms with E-state index in [2.05, 4.69) is 25.2 Å². The molecule has 0 saturated heterocycles. The first kappa shape index (κ1) is 26.0. The average molecular weight is 470 g/mol. The van der Waals surface area contributed by atoms with Crippen LogP contribution in [0, 0.1) is 40.4 Å². The Kier molecular flexibility index (Phi) is 8.25. The molecule has 0 aromatic heterocycles. The molecule has 7 nitrogen and oxygen atoms in total. The summed E-state index contributed by atoms with van der Waals surface area (Å²) in [5.74, 6) is 0.205. The highest BCUT2D eigenvalue weighted by Crippen LogP contribution is 2.55. The normalized spacial score (nSPS) is 31.5. The summed E-state index contributed by atoms with van der Waals surface area (Å²) < 4.78 is 5.18. The van der Waals surface area contributed by atoms with Crippen molar-refractivity contribution in [3.63, 3.8) is 0 Å². The Bertz CT molecular complexity index is 911. The molecule has 0 heterocycles. The number of fused-ring (bicyclic) bond motifs is 1. The molecule has 1 aromatic carbocycles. The third kappa shape index (κ3) is 5.22. The van der Waals surface area contributed by atoms with Crippen LogP contribution in [0.3, 0.4) is 0 Å². The smallest absolute Gasteiger partial charge is 0.251 e. The molecule has 0 unspecified atom stereocenters. The van der Waals surface area contributed by atoms with Gasteiger partial charge < -0.3 is 20.1 Å². The SMILES string of the molecule is COc1ccc(C(=O)N[C@H]2CC[C@]3(C)CC[C@@H]([C@H](C)C(=O)N(C)CCC#N)[C@H](O)[C@H]3[C@@H]2C)cc1. The number of carbonyl (C=O) groups excluding carboxylic acids is 2. The van der Waals surface area contributed by atoms with Crippen molar-refractivity contribution in [1.82, 2.24) is 10.2 Å². The molecule has 2 amide bonds. The van der Waals surface area contributed by atoms with Gasteiger partial charge in [-0.25, -0.2) is 0 Å². The van der Waals surface area contributed by atoms with Gasteiger partial charge in [0.15, 0.2) is 0 Å². The van der Waals surface area contributed by atoms with E-state index in [-0.39, 0.29) is 46.9 Å². The van der Waals surface area contributed by atoms with Crippen molar-refractivity contribution in [2.45, 2.75) is 65.0 Å². The zero-order valence-electron chi connectivity index (χ0n) is 21.1. The van der Waals surface area contributed by atoms with Crippen LogP contribution in [0.15, 0.2) is 24.3 Å². The maximum Gasteiger partial charge on any atom is 0.251 e. The number of methoxy groups -OCH3 is 1. The van der Waals surface area contributed by atoms with Crippen molar-refractivity contribution in [2.75, 3.05) is 20.7 Å². The summed E-state index contributed by atoms with van der Waals surface area (Å²) in [5.41, 5.74) is 0.578. The highest BCUT2D eigenvalue weighted by atomic mass is 16.5. The zero-order chi connectivity index (χ0) is 25.0. The lowest BCUT2D eigenvalue weighted by Gasteiger charge is -2.56. The van der Waals surface area contributed by atoms with Crippen LogP contribution in [-0.4, -0.2) is 54.7 Å². The fraction of sp³-hybridized carbons (Fsp3) is 0.667. The molecule has 7 atom stereocenters. The van der Waals surface area contributed by atoms with Crippen molar-refractivity contribution in [3.8, 4) is 11.8 Å². The predicted molar refractivity (Wildman–Crippen MR) is 130 cm³/mol. The van der Waals surface area contributed by atoms with E-state index in [0.717, 1.165) is 25.7 Å². The first-order chi connectivity index (χ1) is 16.1. The van der Waals surface area contributed by atoms with Gasteiger partial charge in [-0.05, 0) is 73.1 Å². The third-order valence-electron chi connectivity index (χ3n) is 8.52. The minimum Gasteiger partial charge on any atom is -0.497 e. The number of aliphatic hydroxyl groups excluding tert-OH is 1. The number of ether oxygens (including phenoxy) is 1. The molecule has 7 heteroatoms. The number of aliphatic hydroxyl groups is 1. The van der Waals surface area contributed by atoms with Crippen LogP contribution in [0.25, 0.3) is 0 Å². The molecule has 2 N–H and O–H groups in total. The number of hydrogen-bond acceptors (Lipinski definition) is 5. The Morgan fingerprint density at radius 3 is 2.56 bits per heavy atom. The summed E-state index contributed by atoms with van der Waals surface area (Å²) in [6.45, 7) is 6.68. The number of amides is 2. The largest absolute Gasteiger partial charge is 0.497 e. The van der Waals surface area contributed by atoms with Gasteiger partial charge >= 0.3 is 0 Å². The van der Waals surface area contributed by atoms with Crippen LogP contribution >= 0.6 is 0 Å². The van der Waals surface area contributed by atoms with Gasteiger partial charge in [0.05, 0.1) is 25.7 Å². The van der Waals surface area contributed by atoms with Gasteiger partial charge in [-0.1, -0.05) is 20.8 Å². The number of benzene rings is 1. The minimum atomic E-state index is -0.613. The molecule has 1 aromatic rings. The standard InChI is InChI=1S/C27H39N3O4/c1-17(26(33)30(4)16-6-15-28)21-11-13-27(3)14-12-22(18(2)23(27)24(21)31)29-25(32)19-7-9-20(34-5)10-8-19/h7-10,17-18,21-24,31H,6,11-14,16H2,1-5H3,(H,29,32)/t17-,18+,21-,22-,23+,24-,27-/m0/s1. The van der Waals surface area contributed by atoms with Crippen LogP contribution < -0.4 is 10.1 Å². The Labute approximate surface area is 203 Å². The lowest BCUT2D eigenvalue weighted by molar-refractivity contribution is -0.149. The highest BCUT2D eigenvalue weighted by Gasteiger charge is 2.54. The Hall–Kier alpha value is -2.59. The van der Waals surface area contributed by atoms with Gasteiger partial charge in [0.25, 0.3) is 5.91 Å². The van der Waals surface area contributed by atoms with Gasteiger partial charge in [-0.2, -0.15) is 5.26 Å². The fourth-order valence-corrected chi connectivity index (χ4v) is 6.35. The van der Waals surface area contributed by atoms with Gasteiger partial charge in [-0.3, -0.25) is 9.59 Å². The second kappa shape index (κ2) is 10.8. The topological polar surface area (TPSA) is 103 Å². The monoisotopic (exact) mass is 469 g/mol. The van der Waals surface area contributed by atoms with Crippen LogP contribution in [-0.2, 0) is 4.79 Å². The van der Waals surface area contributed by atoms with Crippen molar-refractivity contribution >= 4 is 11.8 Å². The minimum absolute atomic E-state index is 0.000770. The highest BCUT2D eigenvalue weighted by molar-refractivity contribution is 5.94.